The van der Waals surface area contributed by atoms with E-state index in [0.717, 1.165) is 12.0 Å². The van der Waals surface area contributed by atoms with Crippen molar-refractivity contribution < 1.29 is 4.79 Å². The predicted octanol–water partition coefficient (Wildman–Crippen LogP) is 0.784. The molecule has 0 bridgehead atoms. The molecule has 14 heavy (non-hydrogen) atoms. The van der Waals surface area contributed by atoms with Crippen molar-refractivity contribution in [3.05, 3.63) is 11.8 Å². The van der Waals surface area contributed by atoms with Crippen LogP contribution in [0.25, 0.3) is 0 Å². The number of amides is 1. The molecule has 1 amide bonds. The largest absolute Gasteiger partial charge is 0.327 e. The molecule has 0 saturated heterocycles. The highest BCUT2D eigenvalue weighted by molar-refractivity contribution is 5.90. The van der Waals surface area contributed by atoms with Crippen molar-refractivity contribution >= 4 is 11.7 Å². The van der Waals surface area contributed by atoms with Crippen molar-refractivity contribution in [2.24, 2.45) is 5.73 Å². The van der Waals surface area contributed by atoms with Gasteiger partial charge in [0.15, 0.2) is 0 Å². The second-order valence-electron chi connectivity index (χ2n) is 3.35. The zero-order valence-corrected chi connectivity index (χ0v) is 8.50. The van der Waals surface area contributed by atoms with E-state index in [2.05, 4.69) is 15.5 Å². The molecule has 1 aromatic rings. The van der Waals surface area contributed by atoms with Crippen molar-refractivity contribution in [2.45, 2.75) is 32.7 Å². The van der Waals surface area contributed by atoms with Crippen molar-refractivity contribution in [3.8, 4) is 0 Å². The minimum Gasteiger partial charge on any atom is -0.327 e. The number of rotatable bonds is 4. The topological polar surface area (TPSA) is 83.8 Å². The first-order valence-electron chi connectivity index (χ1n) is 4.69. The van der Waals surface area contributed by atoms with Gasteiger partial charge in [-0.05, 0) is 13.3 Å². The molecular formula is C9H16N4O. The summed E-state index contributed by atoms with van der Waals surface area (Å²) in [5.74, 6) is 0.574. The number of aromatic amines is 1. The van der Waals surface area contributed by atoms with Crippen LogP contribution >= 0.6 is 0 Å². The number of nitrogens with zero attached hydrogens (tertiary/aromatic N) is 1. The number of carbonyl (C=O) groups excluding carboxylic acids is 1. The molecule has 0 aliphatic heterocycles. The van der Waals surface area contributed by atoms with E-state index in [9.17, 15) is 4.79 Å². The summed E-state index contributed by atoms with van der Waals surface area (Å²) in [6.07, 6.45) is 2.81. The Kier molecular flexibility index (Phi) is 3.64. The lowest BCUT2D eigenvalue weighted by molar-refractivity contribution is -0.116. The number of hydrogen-bond acceptors (Lipinski definition) is 3. The fourth-order valence-electron chi connectivity index (χ4n) is 1.05. The van der Waals surface area contributed by atoms with Crippen LogP contribution in [-0.2, 0) is 4.79 Å². The van der Waals surface area contributed by atoms with Gasteiger partial charge < -0.3 is 11.1 Å². The Hall–Kier alpha value is -1.36. The first-order valence-corrected chi connectivity index (χ1v) is 4.69. The van der Waals surface area contributed by atoms with Crippen LogP contribution in [0.2, 0.25) is 0 Å². The first kappa shape index (κ1) is 10.7. The number of aryl methyl sites for hydroxylation is 1. The lowest BCUT2D eigenvalue weighted by Gasteiger charge is -2.08. The second kappa shape index (κ2) is 4.76. The third-order valence-electron chi connectivity index (χ3n) is 2.07. The summed E-state index contributed by atoms with van der Waals surface area (Å²) in [5.41, 5.74) is 6.57. The van der Waals surface area contributed by atoms with Crippen LogP contribution in [0, 0.1) is 6.92 Å². The third kappa shape index (κ3) is 2.85. The zero-order valence-electron chi connectivity index (χ0n) is 8.50. The average molecular weight is 196 g/mol. The van der Waals surface area contributed by atoms with Gasteiger partial charge in [-0.15, -0.1) is 0 Å². The van der Waals surface area contributed by atoms with Gasteiger partial charge in [0.1, 0.15) is 5.82 Å². The van der Waals surface area contributed by atoms with Gasteiger partial charge in [0.25, 0.3) is 0 Å². The summed E-state index contributed by atoms with van der Waals surface area (Å²) in [6, 6.07) is -0.0711. The number of nitrogens with two attached hydrogens (primary N) is 1. The van der Waals surface area contributed by atoms with Crippen LogP contribution in [0.5, 0.6) is 0 Å². The zero-order chi connectivity index (χ0) is 10.6. The SMILES string of the molecule is CCC(N)CC(=O)Nc1[nH]ncc1C. The molecule has 5 nitrogen and oxygen atoms in total. The molecule has 0 saturated carbocycles. The van der Waals surface area contributed by atoms with Gasteiger partial charge in [0.2, 0.25) is 5.91 Å². The summed E-state index contributed by atoms with van der Waals surface area (Å²) in [5, 5.41) is 9.23. The minimum atomic E-state index is -0.0771. The molecule has 1 unspecified atom stereocenters. The Bertz CT molecular complexity index is 308. The van der Waals surface area contributed by atoms with E-state index in [1.807, 2.05) is 13.8 Å². The molecule has 0 radical (unpaired) electrons. The molecule has 5 heteroatoms. The highest BCUT2D eigenvalue weighted by atomic mass is 16.1. The fourth-order valence-corrected chi connectivity index (χ4v) is 1.05. The minimum absolute atomic E-state index is 0.0711. The van der Waals surface area contributed by atoms with Crippen molar-refractivity contribution in [1.29, 1.82) is 0 Å². The quantitative estimate of drug-likeness (QED) is 0.665. The van der Waals surface area contributed by atoms with E-state index in [1.54, 1.807) is 6.20 Å². The summed E-state index contributed by atoms with van der Waals surface area (Å²) in [7, 11) is 0. The molecule has 1 rings (SSSR count). The van der Waals surface area contributed by atoms with E-state index < -0.39 is 0 Å². The van der Waals surface area contributed by atoms with E-state index in [0.29, 0.717) is 12.2 Å². The highest BCUT2D eigenvalue weighted by Gasteiger charge is 2.09. The molecular weight excluding hydrogens is 180 g/mol. The maximum Gasteiger partial charge on any atom is 0.227 e. The van der Waals surface area contributed by atoms with Crippen LogP contribution in [0.15, 0.2) is 6.20 Å². The van der Waals surface area contributed by atoms with Crippen LogP contribution in [0.4, 0.5) is 5.82 Å². The van der Waals surface area contributed by atoms with E-state index in [1.165, 1.54) is 0 Å². The van der Waals surface area contributed by atoms with Crippen LogP contribution in [0.3, 0.4) is 0 Å². The van der Waals surface area contributed by atoms with Crippen molar-refractivity contribution in [1.82, 2.24) is 10.2 Å². The molecule has 0 aliphatic carbocycles. The van der Waals surface area contributed by atoms with Crippen LogP contribution < -0.4 is 11.1 Å². The summed E-state index contributed by atoms with van der Waals surface area (Å²) >= 11 is 0. The monoisotopic (exact) mass is 196 g/mol. The fraction of sp³-hybridized carbons (Fsp3) is 0.556. The Balaban J connectivity index is 2.45. The number of carbonyl (C=O) groups is 1. The Labute approximate surface area is 83.1 Å². The van der Waals surface area contributed by atoms with Gasteiger partial charge >= 0.3 is 0 Å². The molecule has 0 spiro atoms. The molecule has 0 fully saturated rings. The lowest BCUT2D eigenvalue weighted by Crippen LogP contribution is -2.26. The smallest absolute Gasteiger partial charge is 0.227 e. The lowest BCUT2D eigenvalue weighted by atomic mass is 10.1. The summed E-state index contributed by atoms with van der Waals surface area (Å²) in [4.78, 5) is 11.4. The van der Waals surface area contributed by atoms with Gasteiger partial charge in [-0.1, -0.05) is 6.92 Å². The third-order valence-corrected chi connectivity index (χ3v) is 2.07. The molecule has 0 aliphatic rings. The Morgan fingerprint density at radius 2 is 2.50 bits per heavy atom. The van der Waals surface area contributed by atoms with E-state index >= 15 is 0 Å². The summed E-state index contributed by atoms with van der Waals surface area (Å²) in [6.45, 7) is 3.83. The molecule has 78 valence electrons. The van der Waals surface area contributed by atoms with Gasteiger partial charge in [-0.3, -0.25) is 9.89 Å². The first-order chi connectivity index (χ1) is 6.63. The number of nitrogens with one attached hydrogen (secondary N) is 2. The number of H-pyrrole nitrogens is 1. The number of anilines is 1. The Morgan fingerprint density at radius 1 is 1.79 bits per heavy atom. The molecule has 0 aromatic carbocycles. The van der Waals surface area contributed by atoms with Crippen molar-refractivity contribution in [2.75, 3.05) is 5.32 Å². The molecule has 1 heterocycles. The second-order valence-corrected chi connectivity index (χ2v) is 3.35. The van der Waals surface area contributed by atoms with Gasteiger partial charge in [-0.25, -0.2) is 0 Å². The molecule has 1 aromatic heterocycles. The van der Waals surface area contributed by atoms with Crippen molar-refractivity contribution in [3.63, 3.8) is 0 Å². The van der Waals surface area contributed by atoms with Crippen LogP contribution in [-0.4, -0.2) is 22.1 Å². The predicted molar refractivity (Wildman–Crippen MR) is 54.8 cm³/mol. The molecule has 4 N–H and O–H groups in total. The van der Waals surface area contributed by atoms with Gasteiger partial charge in [0.05, 0.1) is 6.20 Å². The highest BCUT2D eigenvalue weighted by Crippen LogP contribution is 2.09. The normalized spacial score (nSPS) is 12.5. The van der Waals surface area contributed by atoms with E-state index in [-0.39, 0.29) is 11.9 Å². The Morgan fingerprint density at radius 3 is 3.00 bits per heavy atom. The molecule has 1 atom stereocenters. The standard InChI is InChI=1S/C9H16N4O/c1-3-7(10)4-8(14)12-9-6(2)5-11-13-9/h5,7H,3-4,10H2,1-2H3,(H2,11,12,13,14). The average Bonchev–Trinajstić information content (AvgIpc) is 2.51. The van der Waals surface area contributed by atoms with Crippen LogP contribution in [0.1, 0.15) is 25.3 Å². The number of aromatic nitrogens is 2. The maximum absolute atomic E-state index is 11.4. The summed E-state index contributed by atoms with van der Waals surface area (Å²) < 4.78 is 0. The maximum atomic E-state index is 11.4. The van der Waals surface area contributed by atoms with Gasteiger partial charge in [-0.2, -0.15) is 5.10 Å². The van der Waals surface area contributed by atoms with E-state index in [4.69, 9.17) is 5.73 Å². The number of hydrogen-bond donors (Lipinski definition) is 3. The van der Waals surface area contributed by atoms with Gasteiger partial charge in [0, 0.05) is 18.0 Å².